The highest BCUT2D eigenvalue weighted by Gasteiger charge is 2.22. The second-order valence-electron chi connectivity index (χ2n) is 24.5. The van der Waals surface area contributed by atoms with Crippen molar-refractivity contribution in [1.29, 1.82) is 0 Å². The molecular weight excluding hydrogens is 1130 g/mol. The van der Waals surface area contributed by atoms with Gasteiger partial charge in [0.2, 0.25) is 0 Å². The molecule has 0 aliphatic carbocycles. The summed E-state index contributed by atoms with van der Waals surface area (Å²) in [6.07, 6.45) is 104. The Morgan fingerprint density at radius 3 is 0.889 bits per heavy atom. The van der Waals surface area contributed by atoms with Crippen molar-refractivity contribution in [3.63, 3.8) is 0 Å². The average molecular weight is 1270 g/mol. The van der Waals surface area contributed by atoms with E-state index in [2.05, 4.69) is 184 Å². The lowest BCUT2D eigenvalue weighted by molar-refractivity contribution is -0.870. The molecule has 0 heterocycles. The fraction of sp³-hybridized carbons (Fsp3) is 0.625. The molecule has 0 rings (SSSR count). The van der Waals surface area contributed by atoms with Gasteiger partial charge in [-0.1, -0.05) is 300 Å². The van der Waals surface area contributed by atoms with E-state index in [1.807, 2.05) is 21.1 Å². The van der Waals surface area contributed by atoms with Crippen molar-refractivity contribution in [3.05, 3.63) is 170 Å². The van der Waals surface area contributed by atoms with Gasteiger partial charge in [0.05, 0.1) is 27.7 Å². The first-order chi connectivity index (χ1) is 44.0. The molecule has 10 heteroatoms. The van der Waals surface area contributed by atoms with Crippen LogP contribution >= 0.6 is 7.82 Å². The normalized spacial score (nSPS) is 14.2. The van der Waals surface area contributed by atoms with Crippen LogP contribution in [0.5, 0.6) is 0 Å². The Bertz CT molecular complexity index is 2130. The van der Waals surface area contributed by atoms with Crippen LogP contribution in [0.3, 0.4) is 0 Å². The number of phosphoric acid groups is 1. The van der Waals surface area contributed by atoms with E-state index in [0.29, 0.717) is 17.4 Å². The fourth-order valence-electron chi connectivity index (χ4n) is 9.32. The highest BCUT2D eigenvalue weighted by molar-refractivity contribution is 7.45. The van der Waals surface area contributed by atoms with Gasteiger partial charge in [-0.3, -0.25) is 14.2 Å². The zero-order valence-electron chi connectivity index (χ0n) is 58.0. The molecule has 90 heavy (non-hydrogen) atoms. The SMILES string of the molecule is CC/C=C\C/C=C\C/C=C\C/C=C\C/C=C\C/C=C\C/C=C\C/C=C\C/C=C\CCCCCCCCCCCCCC(=O)OC(COC(=O)CCCCCCCCCCCCC/C=C\C/C=C\C/C=C\C/C=C\C/C=C\CC)COP(=O)([O-])OCC[N+](C)(C)C. The second kappa shape index (κ2) is 68.7. The van der Waals surface area contributed by atoms with E-state index in [1.165, 1.54) is 89.9 Å². The zero-order valence-corrected chi connectivity index (χ0v) is 58.9. The van der Waals surface area contributed by atoms with Gasteiger partial charge in [0.15, 0.2) is 6.10 Å². The molecule has 0 bridgehead atoms. The molecule has 0 amide bonds. The number of likely N-dealkylation sites (N-methyl/N-ethyl adjacent to an activating group) is 1. The third kappa shape index (κ3) is 72.4. The number of carbonyl (C=O) groups is 2. The number of unbranched alkanes of at least 4 members (excludes halogenated alkanes) is 22. The average Bonchev–Trinajstić information content (AvgIpc) is 3.58. The Balaban J connectivity index is 4.10. The molecule has 0 fully saturated rings. The summed E-state index contributed by atoms with van der Waals surface area (Å²) in [5.41, 5.74) is 0. The van der Waals surface area contributed by atoms with Crippen LogP contribution in [-0.2, 0) is 32.7 Å². The van der Waals surface area contributed by atoms with Gasteiger partial charge in [-0.2, -0.15) is 0 Å². The highest BCUT2D eigenvalue weighted by atomic mass is 31.2. The molecule has 2 unspecified atom stereocenters. The quantitative estimate of drug-likeness (QED) is 0.0195. The van der Waals surface area contributed by atoms with Crippen LogP contribution in [-0.4, -0.2) is 70.0 Å². The van der Waals surface area contributed by atoms with Crippen molar-refractivity contribution in [3.8, 4) is 0 Å². The molecule has 0 N–H and O–H groups in total. The van der Waals surface area contributed by atoms with Crippen LogP contribution in [0.1, 0.15) is 271 Å². The summed E-state index contributed by atoms with van der Waals surface area (Å²) in [4.78, 5) is 38.1. The first kappa shape index (κ1) is 85.4. The molecular formula is C80H132NO8P. The molecule has 0 spiro atoms. The van der Waals surface area contributed by atoms with Crippen LogP contribution in [0.2, 0.25) is 0 Å². The molecule has 0 aliphatic heterocycles. The number of carbonyl (C=O) groups excluding carboxylic acids is 2. The first-order valence-electron chi connectivity index (χ1n) is 35.8. The molecule has 0 saturated heterocycles. The fourth-order valence-corrected chi connectivity index (χ4v) is 10.1. The maximum Gasteiger partial charge on any atom is 0.306 e. The standard InChI is InChI=1S/C80H132NO8P/c1-6-8-10-12-14-16-18-20-22-24-26-28-30-32-34-35-36-37-38-39-40-41-42-43-44-45-47-49-51-53-55-57-59-61-63-65-67-69-71-73-80(83)89-78(77-88-90(84,85)87-75-74-81(3,4)5)76-86-79(82)72-70-68-66-64-62-60-58-56-54-52-50-48-46-33-31-29-27-25-23-21-19-17-15-13-11-9-7-2/h8-11,14-17,20-23,26-29,32-34,36-37,39-40,42-43,45-47,78H,6-7,12-13,18-19,24-25,30-31,35,38,41,44,48-77H2,1-5H3/b10-8-,11-9-,16-14-,17-15-,22-20-,23-21-,28-26-,29-27-,34-32-,37-36-,40-39-,43-42-,46-33-,47-45-. The van der Waals surface area contributed by atoms with Crippen molar-refractivity contribution in [2.45, 2.75) is 277 Å². The molecule has 510 valence electrons. The minimum absolute atomic E-state index is 0.0397. The van der Waals surface area contributed by atoms with E-state index in [9.17, 15) is 19.0 Å². The van der Waals surface area contributed by atoms with Crippen LogP contribution in [0.25, 0.3) is 0 Å². The third-order valence-corrected chi connectivity index (χ3v) is 15.7. The predicted molar refractivity (Wildman–Crippen MR) is 387 cm³/mol. The Kier molecular flexibility index (Phi) is 65.2. The molecule has 0 radical (unpaired) electrons. The third-order valence-electron chi connectivity index (χ3n) is 14.7. The van der Waals surface area contributed by atoms with Gasteiger partial charge >= 0.3 is 11.9 Å². The minimum atomic E-state index is -4.66. The van der Waals surface area contributed by atoms with E-state index < -0.39 is 32.5 Å². The largest absolute Gasteiger partial charge is 0.756 e. The Labute approximate surface area is 553 Å². The number of hydrogen-bond donors (Lipinski definition) is 0. The van der Waals surface area contributed by atoms with E-state index in [4.69, 9.17) is 18.5 Å². The summed E-state index contributed by atoms with van der Waals surface area (Å²) < 4.78 is 34.3. The van der Waals surface area contributed by atoms with Crippen LogP contribution in [0.15, 0.2) is 170 Å². The van der Waals surface area contributed by atoms with Crippen LogP contribution in [0.4, 0.5) is 0 Å². The van der Waals surface area contributed by atoms with Crippen LogP contribution in [0, 0.1) is 0 Å². The molecule has 0 aromatic heterocycles. The van der Waals surface area contributed by atoms with Crippen molar-refractivity contribution in [2.24, 2.45) is 0 Å². The van der Waals surface area contributed by atoms with Crippen LogP contribution < -0.4 is 4.89 Å². The number of esters is 2. The lowest BCUT2D eigenvalue weighted by Crippen LogP contribution is -2.37. The molecule has 2 atom stereocenters. The highest BCUT2D eigenvalue weighted by Crippen LogP contribution is 2.38. The molecule has 0 aromatic carbocycles. The summed E-state index contributed by atoms with van der Waals surface area (Å²) in [6, 6.07) is 0. The van der Waals surface area contributed by atoms with Gasteiger partial charge in [0, 0.05) is 12.8 Å². The predicted octanol–water partition coefficient (Wildman–Crippen LogP) is 23.1. The summed E-state index contributed by atoms with van der Waals surface area (Å²) in [5, 5.41) is 0. The Morgan fingerprint density at radius 2 is 0.600 bits per heavy atom. The van der Waals surface area contributed by atoms with Crippen molar-refractivity contribution < 1.29 is 42.1 Å². The number of nitrogens with zero attached hydrogens (tertiary/aromatic N) is 1. The maximum atomic E-state index is 12.9. The first-order valence-corrected chi connectivity index (χ1v) is 37.3. The van der Waals surface area contributed by atoms with Gasteiger partial charge in [-0.25, -0.2) is 0 Å². The molecule has 0 saturated carbocycles. The van der Waals surface area contributed by atoms with Gasteiger partial charge in [0.25, 0.3) is 7.82 Å². The van der Waals surface area contributed by atoms with Gasteiger partial charge in [0.1, 0.15) is 19.8 Å². The van der Waals surface area contributed by atoms with E-state index in [1.54, 1.807) is 0 Å². The van der Waals surface area contributed by atoms with Gasteiger partial charge < -0.3 is 27.9 Å². The zero-order chi connectivity index (χ0) is 65.5. The number of hydrogen-bond acceptors (Lipinski definition) is 8. The van der Waals surface area contributed by atoms with E-state index >= 15 is 0 Å². The molecule has 0 aromatic rings. The van der Waals surface area contributed by atoms with Gasteiger partial charge in [-0.05, 0) is 128 Å². The second-order valence-corrected chi connectivity index (χ2v) is 25.9. The number of phosphoric ester groups is 1. The van der Waals surface area contributed by atoms with Crippen molar-refractivity contribution in [2.75, 3.05) is 47.5 Å². The van der Waals surface area contributed by atoms with E-state index in [0.717, 1.165) is 148 Å². The summed E-state index contributed by atoms with van der Waals surface area (Å²) >= 11 is 0. The summed E-state index contributed by atoms with van der Waals surface area (Å²) in [6.45, 7) is 4.00. The Morgan fingerprint density at radius 1 is 0.344 bits per heavy atom. The van der Waals surface area contributed by atoms with E-state index in [-0.39, 0.29) is 26.1 Å². The summed E-state index contributed by atoms with van der Waals surface area (Å²) in [5.74, 6) is -0.846. The molecule has 9 nitrogen and oxygen atoms in total. The monoisotopic (exact) mass is 1270 g/mol. The number of ether oxygens (including phenoxy) is 2. The van der Waals surface area contributed by atoms with Gasteiger partial charge in [-0.15, -0.1) is 0 Å². The number of allylic oxidation sites excluding steroid dienone is 28. The number of quaternary nitrogens is 1. The minimum Gasteiger partial charge on any atom is -0.756 e. The molecule has 0 aliphatic rings. The number of rotatable bonds is 64. The summed E-state index contributed by atoms with van der Waals surface area (Å²) in [7, 11) is 1.15. The Hall–Kier alpha value is -4.63. The topological polar surface area (TPSA) is 111 Å². The lowest BCUT2D eigenvalue weighted by atomic mass is 10.0. The van der Waals surface area contributed by atoms with Crippen molar-refractivity contribution in [1.82, 2.24) is 0 Å². The van der Waals surface area contributed by atoms with Crippen molar-refractivity contribution >= 4 is 19.8 Å². The maximum absolute atomic E-state index is 12.9. The smallest absolute Gasteiger partial charge is 0.306 e. The lowest BCUT2D eigenvalue weighted by Gasteiger charge is -2.28.